The van der Waals surface area contributed by atoms with Crippen LogP contribution >= 0.6 is 15.8 Å². The van der Waals surface area contributed by atoms with E-state index in [1.807, 2.05) is 0 Å². The van der Waals surface area contributed by atoms with Gasteiger partial charge in [0.05, 0.1) is 0 Å². The Morgan fingerprint density at radius 3 is 0.923 bits per heavy atom. The molecule has 2 atom stereocenters. The van der Waals surface area contributed by atoms with Crippen LogP contribution < -0.4 is 0 Å². The van der Waals surface area contributed by atoms with Gasteiger partial charge in [-0.1, -0.05) is 112 Å². The summed E-state index contributed by atoms with van der Waals surface area (Å²) in [5.41, 5.74) is 0. The molecule has 26 heavy (non-hydrogen) atoms. The van der Waals surface area contributed by atoms with Crippen molar-refractivity contribution in [2.75, 3.05) is 12.3 Å². The molecule has 0 spiro atoms. The van der Waals surface area contributed by atoms with Crippen molar-refractivity contribution in [2.45, 2.75) is 129 Å². The standard InChI is InChI=1S/C24H50P2/c1-21(2,3)25(22(4,5)6)17-19-15-13-14-16-20(19)18-26(23(7,8)9)24(10,11)12/h19-20H,13-18H2,1-12H3/t19-,20-/m1/s1. The third-order valence-electron chi connectivity index (χ3n) is 6.14. The lowest BCUT2D eigenvalue weighted by Gasteiger charge is -2.48. The molecule has 2 heteroatoms. The zero-order valence-corrected chi connectivity index (χ0v) is 22.1. The molecule has 1 rings (SSSR count). The summed E-state index contributed by atoms with van der Waals surface area (Å²) in [4.78, 5) is 0. The van der Waals surface area contributed by atoms with Crippen molar-refractivity contribution in [2.24, 2.45) is 11.8 Å². The number of rotatable bonds is 4. The molecule has 0 aliphatic heterocycles. The second-order valence-corrected chi connectivity index (χ2v) is 20.5. The van der Waals surface area contributed by atoms with Gasteiger partial charge in [-0.2, -0.15) is 0 Å². The molecule has 1 aliphatic rings. The predicted octanol–water partition coefficient (Wildman–Crippen LogP) is 8.95. The summed E-state index contributed by atoms with van der Waals surface area (Å²) in [5.74, 6) is 1.95. The molecule has 0 aromatic heterocycles. The second-order valence-electron chi connectivity index (χ2n) is 12.7. The first kappa shape index (κ1) is 24.9. The summed E-state index contributed by atoms with van der Waals surface area (Å²) >= 11 is 0. The molecule has 0 bridgehead atoms. The summed E-state index contributed by atoms with van der Waals surface area (Å²) < 4.78 is 0. The van der Waals surface area contributed by atoms with Gasteiger partial charge in [0.15, 0.2) is 0 Å². The Morgan fingerprint density at radius 1 is 0.500 bits per heavy atom. The maximum Gasteiger partial charge on any atom is -0.0175 e. The van der Waals surface area contributed by atoms with Gasteiger partial charge in [-0.15, -0.1) is 0 Å². The molecule has 1 fully saturated rings. The summed E-state index contributed by atoms with van der Waals surface area (Å²) in [7, 11) is 0.0676. The van der Waals surface area contributed by atoms with E-state index >= 15 is 0 Å². The van der Waals surface area contributed by atoms with Gasteiger partial charge in [0.2, 0.25) is 0 Å². The Labute approximate surface area is 169 Å². The minimum absolute atomic E-state index is 0.0338. The quantitative estimate of drug-likeness (QED) is 0.413. The highest BCUT2D eigenvalue weighted by Crippen LogP contribution is 2.64. The fraction of sp³-hybridized carbons (Fsp3) is 1.00. The van der Waals surface area contributed by atoms with Crippen LogP contribution in [0, 0.1) is 11.8 Å². The fourth-order valence-electron chi connectivity index (χ4n) is 5.34. The number of hydrogen-bond donors (Lipinski definition) is 0. The fourth-order valence-corrected chi connectivity index (χ4v) is 13.5. The lowest BCUT2D eigenvalue weighted by atomic mass is 9.81. The predicted molar refractivity (Wildman–Crippen MR) is 128 cm³/mol. The Bertz CT molecular complexity index is 355. The van der Waals surface area contributed by atoms with Gasteiger partial charge in [0.1, 0.15) is 0 Å². The molecule has 0 aromatic carbocycles. The minimum atomic E-state index is 0.0338. The average Bonchev–Trinajstić information content (AvgIpc) is 2.38. The van der Waals surface area contributed by atoms with Crippen LogP contribution in [0.2, 0.25) is 0 Å². The Kier molecular flexibility index (Phi) is 8.33. The molecule has 0 aromatic rings. The normalized spacial score (nSPS) is 23.8. The maximum atomic E-state index is 2.50. The first-order chi connectivity index (χ1) is 11.4. The maximum absolute atomic E-state index is 2.50. The summed E-state index contributed by atoms with van der Waals surface area (Å²) in [6, 6.07) is 0. The molecule has 156 valence electrons. The third kappa shape index (κ3) is 7.36. The van der Waals surface area contributed by atoms with Gasteiger partial charge in [-0.3, -0.25) is 0 Å². The van der Waals surface area contributed by atoms with Crippen molar-refractivity contribution < 1.29 is 0 Å². The van der Waals surface area contributed by atoms with Crippen LogP contribution in [0.25, 0.3) is 0 Å². The molecular formula is C24H50P2. The smallest absolute Gasteiger partial charge is 0.0175 e. The van der Waals surface area contributed by atoms with E-state index in [9.17, 15) is 0 Å². The Balaban J connectivity index is 3.03. The second kappa shape index (κ2) is 8.70. The lowest BCUT2D eigenvalue weighted by molar-refractivity contribution is 0.281. The lowest BCUT2D eigenvalue weighted by Crippen LogP contribution is -2.35. The molecule has 0 saturated heterocycles. The first-order valence-electron chi connectivity index (χ1n) is 11.0. The van der Waals surface area contributed by atoms with Crippen LogP contribution in [-0.2, 0) is 0 Å². The van der Waals surface area contributed by atoms with E-state index in [4.69, 9.17) is 0 Å². The molecular weight excluding hydrogens is 350 g/mol. The van der Waals surface area contributed by atoms with Crippen molar-refractivity contribution in [3.63, 3.8) is 0 Å². The molecule has 0 unspecified atom stereocenters. The van der Waals surface area contributed by atoms with Crippen LogP contribution in [0.5, 0.6) is 0 Å². The molecule has 0 amide bonds. The van der Waals surface area contributed by atoms with Crippen LogP contribution in [0.1, 0.15) is 109 Å². The van der Waals surface area contributed by atoms with E-state index in [2.05, 4.69) is 83.1 Å². The molecule has 1 saturated carbocycles. The van der Waals surface area contributed by atoms with Crippen molar-refractivity contribution >= 4 is 15.8 Å². The van der Waals surface area contributed by atoms with Gasteiger partial charge in [0.25, 0.3) is 0 Å². The molecule has 0 nitrogen and oxygen atoms in total. The van der Waals surface area contributed by atoms with Gasteiger partial charge in [-0.25, -0.2) is 0 Å². The van der Waals surface area contributed by atoms with Crippen LogP contribution in [-0.4, -0.2) is 32.9 Å². The van der Waals surface area contributed by atoms with Crippen molar-refractivity contribution in [3.05, 3.63) is 0 Å². The number of hydrogen-bond acceptors (Lipinski definition) is 0. The largest absolute Gasteiger partial charge is 0.0954 e. The van der Waals surface area contributed by atoms with Gasteiger partial charge >= 0.3 is 0 Å². The van der Waals surface area contributed by atoms with Gasteiger partial charge < -0.3 is 0 Å². The third-order valence-corrected chi connectivity index (χ3v) is 14.3. The SMILES string of the molecule is CC(C)(C)P(C[C@H]1CCCC[C@@H]1CP(C(C)(C)C)C(C)(C)C)C(C)(C)C. The minimum Gasteiger partial charge on any atom is -0.0954 e. The Morgan fingerprint density at radius 2 is 0.731 bits per heavy atom. The summed E-state index contributed by atoms with van der Waals surface area (Å²) in [5, 5.41) is 1.87. The van der Waals surface area contributed by atoms with E-state index in [1.165, 1.54) is 38.0 Å². The van der Waals surface area contributed by atoms with Crippen LogP contribution in [0.15, 0.2) is 0 Å². The summed E-state index contributed by atoms with van der Waals surface area (Å²) in [6.07, 6.45) is 8.94. The summed E-state index contributed by atoms with van der Waals surface area (Å²) in [6.45, 7) is 30.0. The zero-order chi connectivity index (χ0) is 20.6. The van der Waals surface area contributed by atoms with E-state index in [1.54, 1.807) is 0 Å². The monoisotopic (exact) mass is 400 g/mol. The molecule has 0 radical (unpaired) electrons. The van der Waals surface area contributed by atoms with Gasteiger partial charge in [-0.05, 0) is 57.6 Å². The molecule has 0 N–H and O–H groups in total. The first-order valence-corrected chi connectivity index (χ1v) is 14.0. The Hall–Kier alpha value is 0.860. The van der Waals surface area contributed by atoms with Gasteiger partial charge in [0, 0.05) is 0 Å². The van der Waals surface area contributed by atoms with E-state index in [0.717, 1.165) is 11.8 Å². The van der Waals surface area contributed by atoms with E-state index in [0.29, 0.717) is 20.6 Å². The topological polar surface area (TPSA) is 0 Å². The molecule has 1 aliphatic carbocycles. The van der Waals surface area contributed by atoms with Crippen molar-refractivity contribution in [1.82, 2.24) is 0 Å². The highest BCUT2D eigenvalue weighted by atomic mass is 31.1. The molecule has 0 heterocycles. The zero-order valence-electron chi connectivity index (χ0n) is 20.3. The van der Waals surface area contributed by atoms with Crippen LogP contribution in [0.4, 0.5) is 0 Å². The highest BCUT2D eigenvalue weighted by Gasteiger charge is 2.41. The van der Waals surface area contributed by atoms with Crippen LogP contribution in [0.3, 0.4) is 0 Å². The van der Waals surface area contributed by atoms with E-state index in [-0.39, 0.29) is 15.8 Å². The van der Waals surface area contributed by atoms with Crippen molar-refractivity contribution in [3.8, 4) is 0 Å². The highest BCUT2D eigenvalue weighted by molar-refractivity contribution is 7.61. The van der Waals surface area contributed by atoms with E-state index < -0.39 is 0 Å². The van der Waals surface area contributed by atoms with Crippen molar-refractivity contribution in [1.29, 1.82) is 0 Å². The average molecular weight is 401 g/mol.